The highest BCUT2D eigenvalue weighted by atomic mass is 32.1. The zero-order valence-electron chi connectivity index (χ0n) is 4.91. The third kappa shape index (κ3) is 1.69. The summed E-state index contributed by atoms with van der Waals surface area (Å²) in [4.78, 5) is 7.08. The molecule has 10 heavy (non-hydrogen) atoms. The Morgan fingerprint density at radius 2 is 2.40 bits per heavy atom. The Hall–Kier alpha value is -1.12. The maximum Gasteiger partial charge on any atom is 0.143 e. The van der Waals surface area contributed by atoms with Crippen molar-refractivity contribution in [3.8, 4) is 0 Å². The molecule has 1 rings (SSSR count). The Bertz CT molecular complexity index is 281. The molecule has 0 saturated carbocycles. The first-order valence-electron chi connectivity index (χ1n) is 2.51. The van der Waals surface area contributed by atoms with Crippen molar-refractivity contribution in [2.75, 3.05) is 0 Å². The van der Waals surface area contributed by atoms with Gasteiger partial charge in [0.15, 0.2) is 0 Å². The standard InChI is InChI=1S/C6H3FN2S/c7-5-1-6(9-4-10)3-8-2-5/h1-3H. The Kier molecular flexibility index (Phi) is 2.20. The zero-order valence-corrected chi connectivity index (χ0v) is 5.73. The van der Waals surface area contributed by atoms with Crippen molar-refractivity contribution in [3.63, 3.8) is 0 Å². The molecule has 2 nitrogen and oxygen atoms in total. The average molecular weight is 154 g/mol. The van der Waals surface area contributed by atoms with E-state index in [1.54, 1.807) is 0 Å². The fraction of sp³-hybridized carbons (Fsp3) is 0. The van der Waals surface area contributed by atoms with E-state index in [4.69, 9.17) is 0 Å². The van der Waals surface area contributed by atoms with Crippen molar-refractivity contribution in [1.82, 2.24) is 4.98 Å². The van der Waals surface area contributed by atoms with Crippen LogP contribution in [0.15, 0.2) is 23.5 Å². The highest BCUT2D eigenvalue weighted by Gasteiger charge is 1.90. The van der Waals surface area contributed by atoms with Gasteiger partial charge in [0.2, 0.25) is 0 Å². The second kappa shape index (κ2) is 3.15. The van der Waals surface area contributed by atoms with E-state index in [-0.39, 0.29) is 0 Å². The van der Waals surface area contributed by atoms with E-state index in [0.717, 1.165) is 6.20 Å². The van der Waals surface area contributed by atoms with Gasteiger partial charge in [0.25, 0.3) is 0 Å². The summed E-state index contributed by atoms with van der Waals surface area (Å²) in [5.74, 6) is -0.425. The monoisotopic (exact) mass is 154 g/mol. The number of pyridine rings is 1. The Morgan fingerprint density at radius 3 is 3.00 bits per heavy atom. The average Bonchev–Trinajstić information content (AvgIpc) is 1.88. The fourth-order valence-corrected chi connectivity index (χ4v) is 0.620. The molecule has 4 heteroatoms. The molecule has 1 aromatic rings. The summed E-state index contributed by atoms with van der Waals surface area (Å²) in [5, 5.41) is 2.11. The topological polar surface area (TPSA) is 25.2 Å². The van der Waals surface area contributed by atoms with Crippen molar-refractivity contribution < 1.29 is 4.39 Å². The molecule has 0 amide bonds. The van der Waals surface area contributed by atoms with Crippen molar-refractivity contribution >= 4 is 23.1 Å². The van der Waals surface area contributed by atoms with Gasteiger partial charge < -0.3 is 0 Å². The van der Waals surface area contributed by atoms with Crippen LogP contribution < -0.4 is 0 Å². The second-order valence-electron chi connectivity index (χ2n) is 1.56. The van der Waals surface area contributed by atoms with Crippen LogP contribution in [0.3, 0.4) is 0 Å². The van der Waals surface area contributed by atoms with Gasteiger partial charge in [-0.25, -0.2) is 4.39 Å². The molecular formula is C6H3FN2S. The number of nitrogens with zero attached hydrogens (tertiary/aromatic N) is 2. The van der Waals surface area contributed by atoms with E-state index < -0.39 is 5.82 Å². The molecule has 50 valence electrons. The van der Waals surface area contributed by atoms with Gasteiger partial charge in [0.05, 0.1) is 23.2 Å². The van der Waals surface area contributed by atoms with Crippen LogP contribution >= 0.6 is 12.2 Å². The molecular weight excluding hydrogens is 151 g/mol. The molecule has 0 saturated heterocycles. The molecule has 0 N–H and O–H groups in total. The van der Waals surface area contributed by atoms with Gasteiger partial charge >= 0.3 is 0 Å². The van der Waals surface area contributed by atoms with Crippen LogP contribution in [0.5, 0.6) is 0 Å². The molecule has 0 radical (unpaired) electrons. The summed E-state index contributed by atoms with van der Waals surface area (Å²) < 4.78 is 12.3. The molecule has 0 aliphatic carbocycles. The van der Waals surface area contributed by atoms with Gasteiger partial charge in [-0.15, -0.1) is 0 Å². The lowest BCUT2D eigenvalue weighted by Gasteiger charge is -1.87. The number of isothiocyanates is 1. The lowest BCUT2D eigenvalue weighted by Crippen LogP contribution is -1.74. The minimum atomic E-state index is -0.425. The normalized spacial score (nSPS) is 8.50. The van der Waals surface area contributed by atoms with Gasteiger partial charge in [-0.2, -0.15) is 4.99 Å². The van der Waals surface area contributed by atoms with Gasteiger partial charge in [-0.1, -0.05) is 0 Å². The van der Waals surface area contributed by atoms with Crippen LogP contribution in [0, 0.1) is 5.82 Å². The Morgan fingerprint density at radius 1 is 1.60 bits per heavy atom. The van der Waals surface area contributed by atoms with E-state index in [0.29, 0.717) is 5.69 Å². The first-order chi connectivity index (χ1) is 4.83. The molecule has 0 aromatic carbocycles. The number of aromatic nitrogens is 1. The first-order valence-corrected chi connectivity index (χ1v) is 2.92. The van der Waals surface area contributed by atoms with Gasteiger partial charge in [0, 0.05) is 6.07 Å². The Labute approximate surface area is 62.4 Å². The maximum atomic E-state index is 12.3. The first kappa shape index (κ1) is 6.99. The highest BCUT2D eigenvalue weighted by Crippen LogP contribution is 2.08. The van der Waals surface area contributed by atoms with Crippen molar-refractivity contribution in [2.45, 2.75) is 0 Å². The number of halogens is 1. The largest absolute Gasteiger partial charge is 0.259 e. The van der Waals surface area contributed by atoms with E-state index in [1.807, 2.05) is 0 Å². The Balaban J connectivity index is 3.06. The van der Waals surface area contributed by atoms with E-state index in [2.05, 4.69) is 27.4 Å². The molecule has 0 bridgehead atoms. The van der Waals surface area contributed by atoms with Crippen molar-refractivity contribution in [1.29, 1.82) is 0 Å². The number of rotatable bonds is 1. The lowest BCUT2D eigenvalue weighted by atomic mass is 10.4. The number of hydrogen-bond acceptors (Lipinski definition) is 3. The molecule has 0 atom stereocenters. The number of aliphatic imine (C=N–C) groups is 1. The van der Waals surface area contributed by atoms with E-state index >= 15 is 0 Å². The van der Waals surface area contributed by atoms with Gasteiger partial charge in [-0.3, -0.25) is 4.98 Å². The number of thiocarbonyl (C=S) groups is 1. The summed E-state index contributed by atoms with van der Waals surface area (Å²) in [6.45, 7) is 0. The minimum absolute atomic E-state index is 0.384. The molecule has 0 fully saturated rings. The van der Waals surface area contributed by atoms with Crippen LogP contribution in [0.2, 0.25) is 0 Å². The quantitative estimate of drug-likeness (QED) is 0.456. The van der Waals surface area contributed by atoms with Crippen LogP contribution in [-0.2, 0) is 0 Å². The number of hydrogen-bond donors (Lipinski definition) is 0. The summed E-state index contributed by atoms with van der Waals surface area (Å²) in [6, 6.07) is 1.23. The highest BCUT2D eigenvalue weighted by molar-refractivity contribution is 7.78. The predicted octanol–water partition coefficient (Wildman–Crippen LogP) is 1.96. The van der Waals surface area contributed by atoms with E-state index in [1.165, 1.54) is 12.3 Å². The minimum Gasteiger partial charge on any atom is -0.259 e. The summed E-state index contributed by atoms with van der Waals surface area (Å²) in [7, 11) is 0. The molecule has 1 aromatic heterocycles. The third-order valence-electron chi connectivity index (χ3n) is 0.865. The van der Waals surface area contributed by atoms with Crippen LogP contribution in [0.1, 0.15) is 0 Å². The third-order valence-corrected chi connectivity index (χ3v) is 0.956. The van der Waals surface area contributed by atoms with Crippen LogP contribution in [0.4, 0.5) is 10.1 Å². The lowest BCUT2D eigenvalue weighted by molar-refractivity contribution is 0.622. The maximum absolute atomic E-state index is 12.3. The molecule has 0 unspecified atom stereocenters. The van der Waals surface area contributed by atoms with Crippen LogP contribution in [-0.4, -0.2) is 10.1 Å². The van der Waals surface area contributed by atoms with E-state index in [9.17, 15) is 4.39 Å². The van der Waals surface area contributed by atoms with Gasteiger partial charge in [-0.05, 0) is 12.2 Å². The summed E-state index contributed by atoms with van der Waals surface area (Å²) in [5.41, 5.74) is 0.384. The molecule has 1 heterocycles. The molecule has 0 aliphatic heterocycles. The second-order valence-corrected chi connectivity index (χ2v) is 1.75. The predicted molar refractivity (Wildman–Crippen MR) is 38.9 cm³/mol. The smallest absolute Gasteiger partial charge is 0.143 e. The van der Waals surface area contributed by atoms with Crippen LogP contribution in [0.25, 0.3) is 0 Å². The van der Waals surface area contributed by atoms with Crippen molar-refractivity contribution in [2.24, 2.45) is 4.99 Å². The fourth-order valence-electron chi connectivity index (χ4n) is 0.514. The summed E-state index contributed by atoms with van der Waals surface area (Å²) in [6.07, 6.45) is 2.50. The molecule has 0 spiro atoms. The SMILES string of the molecule is Fc1cncc(N=C=S)c1. The molecule has 0 aliphatic rings. The van der Waals surface area contributed by atoms with Crippen molar-refractivity contribution in [3.05, 3.63) is 24.3 Å². The zero-order chi connectivity index (χ0) is 7.40. The van der Waals surface area contributed by atoms with Gasteiger partial charge in [0.1, 0.15) is 5.82 Å². The summed E-state index contributed by atoms with van der Waals surface area (Å²) >= 11 is 4.31.